The quantitative estimate of drug-likeness (QED) is 0.842. The van der Waals surface area contributed by atoms with E-state index in [4.69, 9.17) is 4.99 Å². The van der Waals surface area contributed by atoms with Crippen LogP contribution in [0.15, 0.2) is 35.3 Å². The zero-order valence-corrected chi connectivity index (χ0v) is 15.4. The fourth-order valence-corrected chi connectivity index (χ4v) is 4.26. The number of amidine groups is 1. The molecule has 0 saturated carbocycles. The lowest BCUT2D eigenvalue weighted by Gasteiger charge is -2.34. The van der Waals surface area contributed by atoms with Crippen LogP contribution in [0.5, 0.6) is 0 Å². The SMILES string of the molecule is CC(C)c1cc2c(s1)Nc1ccccc1N=C2N1CCN(C)CC1. The molecule has 2 aliphatic heterocycles. The first kappa shape index (κ1) is 15.7. The van der Waals surface area contributed by atoms with Crippen molar-refractivity contribution in [3.05, 3.63) is 40.8 Å². The van der Waals surface area contributed by atoms with Crippen LogP contribution in [0.2, 0.25) is 0 Å². The lowest BCUT2D eigenvalue weighted by molar-refractivity contribution is 0.216. The zero-order valence-electron chi connectivity index (χ0n) is 14.5. The van der Waals surface area contributed by atoms with Crippen LogP contribution in [0.4, 0.5) is 16.4 Å². The van der Waals surface area contributed by atoms with E-state index >= 15 is 0 Å². The highest BCUT2D eigenvalue weighted by molar-refractivity contribution is 7.16. The molecule has 0 spiro atoms. The number of thiophene rings is 1. The summed E-state index contributed by atoms with van der Waals surface area (Å²) in [4.78, 5) is 11.3. The number of hydrogen-bond acceptors (Lipinski definition) is 5. The molecule has 1 fully saturated rings. The van der Waals surface area contributed by atoms with Gasteiger partial charge in [-0.2, -0.15) is 0 Å². The Labute approximate surface area is 147 Å². The van der Waals surface area contributed by atoms with Gasteiger partial charge in [0.05, 0.1) is 16.9 Å². The normalized spacial score (nSPS) is 17.8. The summed E-state index contributed by atoms with van der Waals surface area (Å²) in [6.45, 7) is 8.75. The van der Waals surface area contributed by atoms with Gasteiger partial charge in [0, 0.05) is 31.1 Å². The molecule has 0 atom stereocenters. The molecule has 126 valence electrons. The van der Waals surface area contributed by atoms with E-state index in [1.165, 1.54) is 15.4 Å². The number of nitrogens with one attached hydrogen (secondary N) is 1. The Balaban J connectivity index is 1.81. The summed E-state index contributed by atoms with van der Waals surface area (Å²) in [5, 5.41) is 4.85. The summed E-state index contributed by atoms with van der Waals surface area (Å²) < 4.78 is 0. The molecule has 0 aliphatic carbocycles. The van der Waals surface area contributed by atoms with Gasteiger partial charge in [-0.15, -0.1) is 11.3 Å². The van der Waals surface area contributed by atoms with Crippen molar-refractivity contribution in [1.29, 1.82) is 0 Å². The summed E-state index contributed by atoms with van der Waals surface area (Å²) in [6, 6.07) is 10.7. The van der Waals surface area contributed by atoms with E-state index in [2.05, 4.69) is 66.3 Å². The van der Waals surface area contributed by atoms with E-state index in [0.29, 0.717) is 5.92 Å². The second-order valence-electron chi connectivity index (χ2n) is 6.91. The molecule has 0 amide bonds. The van der Waals surface area contributed by atoms with E-state index in [-0.39, 0.29) is 0 Å². The summed E-state index contributed by atoms with van der Waals surface area (Å²) in [6.07, 6.45) is 0. The second-order valence-corrected chi connectivity index (χ2v) is 8.00. The van der Waals surface area contributed by atoms with Crippen molar-refractivity contribution in [2.45, 2.75) is 19.8 Å². The van der Waals surface area contributed by atoms with Crippen LogP contribution in [-0.4, -0.2) is 48.9 Å². The lowest BCUT2D eigenvalue weighted by Crippen LogP contribution is -2.47. The Kier molecular flexibility index (Phi) is 4.06. The minimum Gasteiger partial charge on any atom is -0.353 e. The van der Waals surface area contributed by atoms with E-state index in [0.717, 1.165) is 43.4 Å². The maximum Gasteiger partial charge on any atom is 0.139 e. The van der Waals surface area contributed by atoms with Crippen molar-refractivity contribution in [3.63, 3.8) is 0 Å². The number of aliphatic imine (C=N–C) groups is 1. The van der Waals surface area contributed by atoms with Crippen molar-refractivity contribution in [2.75, 3.05) is 38.5 Å². The molecule has 0 unspecified atom stereocenters. The molecule has 1 aromatic carbocycles. The molecule has 2 aliphatic rings. The van der Waals surface area contributed by atoms with Crippen LogP contribution in [0.1, 0.15) is 30.2 Å². The molecule has 4 rings (SSSR count). The number of piperazine rings is 1. The smallest absolute Gasteiger partial charge is 0.139 e. The molecule has 24 heavy (non-hydrogen) atoms. The Morgan fingerprint density at radius 3 is 2.62 bits per heavy atom. The number of benzene rings is 1. The fourth-order valence-electron chi connectivity index (χ4n) is 3.19. The highest BCUT2D eigenvalue weighted by atomic mass is 32.1. The Bertz CT molecular complexity index is 769. The maximum atomic E-state index is 5.07. The standard InChI is InChI=1S/C19H24N4S/c1-13(2)17-12-14-18(23-10-8-22(3)9-11-23)20-15-6-4-5-7-16(15)21-19(14)24-17/h4-7,12-13,21H,8-11H2,1-3H3. The molecular weight excluding hydrogens is 316 g/mol. The number of nitrogens with zero attached hydrogens (tertiary/aromatic N) is 3. The third-order valence-electron chi connectivity index (χ3n) is 4.74. The van der Waals surface area contributed by atoms with Gasteiger partial charge in [0.15, 0.2) is 0 Å². The van der Waals surface area contributed by atoms with Gasteiger partial charge >= 0.3 is 0 Å². The van der Waals surface area contributed by atoms with Gasteiger partial charge in [0.1, 0.15) is 10.8 Å². The van der Waals surface area contributed by atoms with E-state index in [1.54, 1.807) is 0 Å². The zero-order chi connectivity index (χ0) is 16.7. The summed E-state index contributed by atoms with van der Waals surface area (Å²) in [5.74, 6) is 1.66. The minimum atomic E-state index is 0.535. The molecule has 2 aromatic rings. The Morgan fingerprint density at radius 2 is 1.88 bits per heavy atom. The maximum absolute atomic E-state index is 5.07. The molecule has 1 N–H and O–H groups in total. The highest BCUT2D eigenvalue weighted by Gasteiger charge is 2.26. The third-order valence-corrected chi connectivity index (χ3v) is 6.09. The summed E-state index contributed by atoms with van der Waals surface area (Å²) >= 11 is 1.86. The number of para-hydroxylation sites is 2. The monoisotopic (exact) mass is 340 g/mol. The van der Waals surface area contributed by atoms with Gasteiger partial charge in [-0.1, -0.05) is 26.0 Å². The molecule has 3 heterocycles. The van der Waals surface area contributed by atoms with Crippen LogP contribution in [0, 0.1) is 0 Å². The first-order valence-electron chi connectivity index (χ1n) is 8.64. The highest BCUT2D eigenvalue weighted by Crippen LogP contribution is 2.41. The average Bonchev–Trinajstić information content (AvgIpc) is 2.92. The van der Waals surface area contributed by atoms with Crippen LogP contribution in [0.25, 0.3) is 0 Å². The van der Waals surface area contributed by atoms with Crippen LogP contribution in [-0.2, 0) is 0 Å². The van der Waals surface area contributed by atoms with Crippen molar-refractivity contribution in [2.24, 2.45) is 4.99 Å². The Morgan fingerprint density at radius 1 is 1.12 bits per heavy atom. The van der Waals surface area contributed by atoms with Gasteiger partial charge in [-0.3, -0.25) is 0 Å². The fraction of sp³-hybridized carbons (Fsp3) is 0.421. The first-order chi connectivity index (χ1) is 11.6. The van der Waals surface area contributed by atoms with Gasteiger partial charge in [0.25, 0.3) is 0 Å². The predicted octanol–water partition coefficient (Wildman–Crippen LogP) is 4.25. The van der Waals surface area contributed by atoms with Gasteiger partial charge in [-0.25, -0.2) is 4.99 Å². The molecule has 0 bridgehead atoms. The molecule has 1 aromatic heterocycles. The molecule has 0 radical (unpaired) electrons. The van der Waals surface area contributed by atoms with Crippen molar-refractivity contribution in [3.8, 4) is 0 Å². The number of anilines is 2. The summed E-state index contributed by atoms with van der Waals surface area (Å²) in [5.41, 5.74) is 3.38. The largest absolute Gasteiger partial charge is 0.353 e. The van der Waals surface area contributed by atoms with Gasteiger partial charge in [0.2, 0.25) is 0 Å². The number of fused-ring (bicyclic) bond motifs is 2. The molecule has 1 saturated heterocycles. The van der Waals surface area contributed by atoms with E-state index in [1.807, 2.05) is 11.3 Å². The van der Waals surface area contributed by atoms with Gasteiger partial charge in [-0.05, 0) is 31.2 Å². The van der Waals surface area contributed by atoms with Crippen molar-refractivity contribution >= 4 is 33.5 Å². The number of likely N-dealkylation sites (N-methyl/N-ethyl adjacent to an activating group) is 1. The van der Waals surface area contributed by atoms with Crippen LogP contribution in [0.3, 0.4) is 0 Å². The Hall–Kier alpha value is -1.85. The van der Waals surface area contributed by atoms with Gasteiger partial charge < -0.3 is 15.1 Å². The van der Waals surface area contributed by atoms with Crippen LogP contribution < -0.4 is 5.32 Å². The predicted molar refractivity (Wildman–Crippen MR) is 103 cm³/mol. The average molecular weight is 340 g/mol. The topological polar surface area (TPSA) is 30.9 Å². The van der Waals surface area contributed by atoms with E-state index < -0.39 is 0 Å². The molecule has 5 heteroatoms. The van der Waals surface area contributed by atoms with Crippen molar-refractivity contribution < 1.29 is 0 Å². The number of rotatable bonds is 1. The van der Waals surface area contributed by atoms with E-state index in [9.17, 15) is 0 Å². The third kappa shape index (κ3) is 2.82. The summed E-state index contributed by atoms with van der Waals surface area (Å²) in [7, 11) is 2.19. The van der Waals surface area contributed by atoms with Crippen LogP contribution >= 0.6 is 11.3 Å². The van der Waals surface area contributed by atoms with Crippen molar-refractivity contribution in [1.82, 2.24) is 9.80 Å². The number of hydrogen-bond donors (Lipinski definition) is 1. The first-order valence-corrected chi connectivity index (χ1v) is 9.46. The molecule has 4 nitrogen and oxygen atoms in total. The molecular formula is C19H24N4S. The second kappa shape index (κ2) is 6.22. The lowest BCUT2D eigenvalue weighted by atomic mass is 10.1. The minimum absolute atomic E-state index is 0.535.